The maximum absolute atomic E-state index is 13.8. The van der Waals surface area contributed by atoms with E-state index in [4.69, 9.17) is 0 Å². The zero-order valence-electron chi connectivity index (χ0n) is 12.8. The third-order valence-electron chi connectivity index (χ3n) is 4.42. The molecule has 1 atom stereocenters. The van der Waals surface area contributed by atoms with Gasteiger partial charge in [-0.15, -0.1) is 0 Å². The van der Waals surface area contributed by atoms with Crippen LogP contribution < -0.4 is 5.32 Å². The fraction of sp³-hybridized carbons (Fsp3) is 1.00. The molecule has 19 heavy (non-hydrogen) atoms. The average molecular weight is 276 g/mol. The van der Waals surface area contributed by atoms with Gasteiger partial charge in [0, 0.05) is 19.6 Å². The lowest BCUT2D eigenvalue weighted by Gasteiger charge is -2.41. The minimum absolute atomic E-state index is 0.0223. The molecule has 2 nitrogen and oxygen atoms in total. The van der Waals surface area contributed by atoms with Crippen molar-refractivity contribution < 1.29 is 8.78 Å². The molecule has 1 heterocycles. The molecule has 1 unspecified atom stereocenters. The maximum atomic E-state index is 13.8. The largest absolute Gasteiger partial charge is 0.317 e. The van der Waals surface area contributed by atoms with Gasteiger partial charge in [-0.05, 0) is 18.3 Å². The van der Waals surface area contributed by atoms with Crippen molar-refractivity contribution >= 4 is 0 Å². The smallest absolute Gasteiger partial charge is 0.309 e. The van der Waals surface area contributed by atoms with Gasteiger partial charge in [-0.25, -0.2) is 4.90 Å². The third-order valence-corrected chi connectivity index (χ3v) is 4.42. The van der Waals surface area contributed by atoms with E-state index in [1.165, 1.54) is 24.2 Å². The molecule has 1 rings (SSSR count). The van der Waals surface area contributed by atoms with E-state index in [0.717, 1.165) is 19.3 Å². The van der Waals surface area contributed by atoms with Gasteiger partial charge in [0.2, 0.25) is 0 Å². The molecule has 0 aromatic rings. The van der Waals surface area contributed by atoms with Gasteiger partial charge in [0.05, 0.1) is 6.54 Å². The summed E-state index contributed by atoms with van der Waals surface area (Å²) >= 11 is 0. The number of nitrogens with one attached hydrogen (secondary N) is 1. The minimum Gasteiger partial charge on any atom is -0.309 e. The van der Waals surface area contributed by atoms with Crippen molar-refractivity contribution in [1.82, 2.24) is 10.2 Å². The van der Waals surface area contributed by atoms with Crippen LogP contribution in [-0.4, -0.2) is 37.1 Å². The molecule has 0 amide bonds. The van der Waals surface area contributed by atoms with Crippen molar-refractivity contribution in [2.24, 2.45) is 5.41 Å². The van der Waals surface area contributed by atoms with Crippen molar-refractivity contribution in [2.75, 3.05) is 26.2 Å². The van der Waals surface area contributed by atoms with Crippen LogP contribution in [0.1, 0.15) is 59.3 Å². The van der Waals surface area contributed by atoms with Gasteiger partial charge in [0.1, 0.15) is 0 Å². The molecule has 0 aromatic carbocycles. The molecular formula is C15H30F2N2. The number of halogens is 2. The highest BCUT2D eigenvalue weighted by Crippen LogP contribution is 2.33. The first-order valence-electron chi connectivity index (χ1n) is 7.77. The van der Waals surface area contributed by atoms with Gasteiger partial charge in [0.15, 0.2) is 0 Å². The number of alkyl halides is 2. The summed E-state index contributed by atoms with van der Waals surface area (Å²) in [4.78, 5) is 1.38. The Bertz CT molecular complexity index is 259. The van der Waals surface area contributed by atoms with E-state index in [2.05, 4.69) is 26.1 Å². The standard InChI is InChI=1S/C15H30F2N2/c1-4-6-7-8-9-14(3,5-2)13-19-11-10-18-12-15(19,16)17/h18H,4-13H2,1-3H3. The zero-order valence-corrected chi connectivity index (χ0v) is 12.8. The van der Waals surface area contributed by atoms with Crippen LogP contribution in [0.25, 0.3) is 0 Å². The van der Waals surface area contributed by atoms with Crippen molar-refractivity contribution in [3.63, 3.8) is 0 Å². The lowest BCUT2D eigenvalue weighted by atomic mass is 9.81. The van der Waals surface area contributed by atoms with Gasteiger partial charge < -0.3 is 5.32 Å². The van der Waals surface area contributed by atoms with E-state index in [0.29, 0.717) is 19.6 Å². The van der Waals surface area contributed by atoms with Crippen LogP contribution in [0, 0.1) is 5.41 Å². The van der Waals surface area contributed by atoms with Crippen molar-refractivity contribution in [1.29, 1.82) is 0 Å². The molecule has 1 aliphatic heterocycles. The van der Waals surface area contributed by atoms with Gasteiger partial charge in [-0.3, -0.25) is 0 Å². The molecule has 0 radical (unpaired) electrons. The highest BCUT2D eigenvalue weighted by atomic mass is 19.3. The monoisotopic (exact) mass is 276 g/mol. The summed E-state index contributed by atoms with van der Waals surface area (Å²) in [5.74, 6) is 0. The summed E-state index contributed by atoms with van der Waals surface area (Å²) in [5.41, 5.74) is 0.0223. The third kappa shape index (κ3) is 5.35. The van der Waals surface area contributed by atoms with Gasteiger partial charge >= 0.3 is 6.05 Å². The zero-order chi connectivity index (χ0) is 14.4. The Labute approximate surface area is 116 Å². The van der Waals surface area contributed by atoms with Gasteiger partial charge in [-0.1, -0.05) is 46.5 Å². The maximum Gasteiger partial charge on any atom is 0.317 e. The number of hydrogen-bond acceptors (Lipinski definition) is 2. The first-order chi connectivity index (χ1) is 8.93. The Hall–Kier alpha value is -0.220. The van der Waals surface area contributed by atoms with Crippen LogP contribution in [0.5, 0.6) is 0 Å². The molecule has 0 aromatic heterocycles. The van der Waals surface area contributed by atoms with Crippen LogP contribution >= 0.6 is 0 Å². The van der Waals surface area contributed by atoms with Crippen LogP contribution in [0.4, 0.5) is 8.78 Å². The van der Waals surface area contributed by atoms with Crippen molar-refractivity contribution in [3.8, 4) is 0 Å². The molecule has 0 aliphatic carbocycles. The van der Waals surface area contributed by atoms with Crippen LogP contribution in [0.3, 0.4) is 0 Å². The number of rotatable bonds is 8. The number of nitrogens with zero attached hydrogens (tertiary/aromatic N) is 1. The molecule has 114 valence electrons. The van der Waals surface area contributed by atoms with E-state index in [-0.39, 0.29) is 12.0 Å². The van der Waals surface area contributed by atoms with Crippen LogP contribution in [-0.2, 0) is 0 Å². The van der Waals surface area contributed by atoms with Gasteiger partial charge in [0.25, 0.3) is 0 Å². The molecule has 0 saturated carbocycles. The van der Waals surface area contributed by atoms with Crippen LogP contribution in [0.15, 0.2) is 0 Å². The Morgan fingerprint density at radius 3 is 2.53 bits per heavy atom. The van der Waals surface area contributed by atoms with Crippen LogP contribution in [0.2, 0.25) is 0 Å². The van der Waals surface area contributed by atoms with E-state index >= 15 is 0 Å². The lowest BCUT2D eigenvalue weighted by molar-refractivity contribution is -0.168. The van der Waals surface area contributed by atoms with E-state index in [1.54, 1.807) is 0 Å². The molecule has 1 saturated heterocycles. The molecule has 1 fully saturated rings. The predicted octanol–water partition coefficient (Wildman–Crippen LogP) is 3.87. The summed E-state index contributed by atoms with van der Waals surface area (Å²) in [6.07, 6.45) is 6.89. The normalized spacial score (nSPS) is 23.2. The molecule has 1 N–H and O–H groups in total. The fourth-order valence-electron chi connectivity index (χ4n) is 2.73. The number of piperazine rings is 1. The SMILES string of the molecule is CCCCCCC(C)(CC)CN1CCNCC1(F)F. The lowest BCUT2D eigenvalue weighted by Crippen LogP contribution is -2.58. The molecule has 0 spiro atoms. The summed E-state index contributed by atoms with van der Waals surface area (Å²) in [6, 6.07) is -2.68. The van der Waals surface area contributed by atoms with E-state index in [1.807, 2.05) is 0 Å². The summed E-state index contributed by atoms with van der Waals surface area (Å²) < 4.78 is 27.7. The second kappa shape index (κ2) is 7.53. The Morgan fingerprint density at radius 1 is 1.21 bits per heavy atom. The average Bonchev–Trinajstić information content (AvgIpc) is 2.37. The second-order valence-corrected chi connectivity index (χ2v) is 6.24. The van der Waals surface area contributed by atoms with Crippen molar-refractivity contribution in [2.45, 2.75) is 65.3 Å². The Kier molecular flexibility index (Phi) is 6.67. The first-order valence-corrected chi connectivity index (χ1v) is 7.77. The predicted molar refractivity (Wildman–Crippen MR) is 76.5 cm³/mol. The topological polar surface area (TPSA) is 15.3 Å². The summed E-state index contributed by atoms with van der Waals surface area (Å²) in [5, 5.41) is 2.78. The Balaban J connectivity index is 2.48. The minimum atomic E-state index is -2.68. The molecule has 1 aliphatic rings. The van der Waals surface area contributed by atoms with Crippen molar-refractivity contribution in [3.05, 3.63) is 0 Å². The first kappa shape index (κ1) is 16.8. The molecular weight excluding hydrogens is 246 g/mol. The summed E-state index contributed by atoms with van der Waals surface area (Å²) in [7, 11) is 0. The highest BCUT2D eigenvalue weighted by Gasteiger charge is 2.41. The molecule has 0 bridgehead atoms. The van der Waals surface area contributed by atoms with E-state index in [9.17, 15) is 8.78 Å². The number of unbranched alkanes of at least 4 members (excludes halogenated alkanes) is 3. The second-order valence-electron chi connectivity index (χ2n) is 6.24. The quantitative estimate of drug-likeness (QED) is 0.535. The highest BCUT2D eigenvalue weighted by molar-refractivity contribution is 4.85. The fourth-order valence-corrected chi connectivity index (χ4v) is 2.73. The number of hydrogen-bond donors (Lipinski definition) is 1. The van der Waals surface area contributed by atoms with E-state index < -0.39 is 6.05 Å². The Morgan fingerprint density at radius 2 is 1.95 bits per heavy atom. The summed E-state index contributed by atoms with van der Waals surface area (Å²) in [6.45, 7) is 7.92. The molecule has 4 heteroatoms. The van der Waals surface area contributed by atoms with Gasteiger partial charge in [-0.2, -0.15) is 8.78 Å².